The second-order valence-corrected chi connectivity index (χ2v) is 8.01. The number of aromatic nitrogens is 2. The predicted molar refractivity (Wildman–Crippen MR) is 107 cm³/mol. The number of methoxy groups -OCH3 is 2. The molecule has 28 heavy (non-hydrogen) atoms. The molecule has 1 atom stereocenters. The Hall–Kier alpha value is -2.50. The third kappa shape index (κ3) is 3.60. The minimum absolute atomic E-state index is 0.0734. The molecule has 0 radical (unpaired) electrons. The Morgan fingerprint density at radius 1 is 1.14 bits per heavy atom. The Kier molecular flexibility index (Phi) is 5.29. The van der Waals surface area contributed by atoms with Gasteiger partial charge in [0.2, 0.25) is 0 Å². The van der Waals surface area contributed by atoms with Crippen molar-refractivity contribution in [3.05, 3.63) is 41.5 Å². The van der Waals surface area contributed by atoms with Gasteiger partial charge in [-0.3, -0.25) is 4.79 Å². The minimum Gasteiger partial charge on any atom is -0.497 e. The van der Waals surface area contributed by atoms with Gasteiger partial charge in [-0.2, -0.15) is 0 Å². The number of carbonyl (C=O) groups excluding carboxylic acids is 1. The maximum absolute atomic E-state index is 12.9. The molecule has 4 rings (SSSR count). The van der Waals surface area contributed by atoms with Crippen molar-refractivity contribution in [1.29, 1.82) is 0 Å². The van der Waals surface area contributed by atoms with Gasteiger partial charge in [-0.15, -0.1) is 0 Å². The summed E-state index contributed by atoms with van der Waals surface area (Å²) in [5, 5.41) is 0. The molecule has 0 spiro atoms. The van der Waals surface area contributed by atoms with Gasteiger partial charge in [-0.1, -0.05) is 6.92 Å². The van der Waals surface area contributed by atoms with E-state index in [0.717, 1.165) is 68.2 Å². The maximum atomic E-state index is 12.9. The highest BCUT2D eigenvalue weighted by Gasteiger charge is 2.28. The fraction of sp³-hybridized carbons (Fsp3) is 0.545. The fourth-order valence-corrected chi connectivity index (χ4v) is 4.33. The summed E-state index contributed by atoms with van der Waals surface area (Å²) in [5.74, 6) is 3.81. The number of aryl methyl sites for hydroxylation is 1. The standard InChI is InChI=1S/C22H29N3O3/c1-15-8-10-24(11-9-15)22(26)19-14-25-13-16(4-7-21(25)23-19)18-12-17(27-2)5-6-20(18)28-3/h5-6,12,14-16H,4,7-11,13H2,1-3H3. The topological polar surface area (TPSA) is 56.6 Å². The van der Waals surface area contributed by atoms with Gasteiger partial charge in [0, 0.05) is 43.7 Å². The lowest BCUT2D eigenvalue weighted by atomic mass is 9.90. The Morgan fingerprint density at radius 2 is 1.93 bits per heavy atom. The van der Waals surface area contributed by atoms with Crippen molar-refractivity contribution in [1.82, 2.24) is 14.5 Å². The van der Waals surface area contributed by atoms with Crippen LogP contribution < -0.4 is 9.47 Å². The van der Waals surface area contributed by atoms with E-state index >= 15 is 0 Å². The van der Waals surface area contributed by atoms with Gasteiger partial charge in [-0.05, 0) is 43.4 Å². The number of rotatable bonds is 4. The Morgan fingerprint density at radius 3 is 2.64 bits per heavy atom. The number of hydrogen-bond donors (Lipinski definition) is 0. The van der Waals surface area contributed by atoms with Crippen LogP contribution in [0.4, 0.5) is 0 Å². The van der Waals surface area contributed by atoms with Crippen LogP contribution in [0.15, 0.2) is 24.4 Å². The zero-order valence-corrected chi connectivity index (χ0v) is 17.0. The first-order valence-corrected chi connectivity index (χ1v) is 10.2. The largest absolute Gasteiger partial charge is 0.497 e. The molecule has 1 fully saturated rings. The van der Waals surface area contributed by atoms with E-state index in [-0.39, 0.29) is 5.91 Å². The Bertz CT molecular complexity index is 853. The minimum atomic E-state index is 0.0734. The van der Waals surface area contributed by atoms with Crippen molar-refractivity contribution in [3.8, 4) is 11.5 Å². The molecule has 0 aliphatic carbocycles. The molecule has 2 aliphatic heterocycles. The number of amides is 1. The van der Waals surface area contributed by atoms with Gasteiger partial charge >= 0.3 is 0 Å². The first-order valence-electron chi connectivity index (χ1n) is 10.2. The van der Waals surface area contributed by atoms with Gasteiger partial charge in [0.25, 0.3) is 5.91 Å². The van der Waals surface area contributed by atoms with E-state index in [0.29, 0.717) is 17.5 Å². The first-order chi connectivity index (χ1) is 13.6. The second kappa shape index (κ2) is 7.86. The monoisotopic (exact) mass is 383 g/mol. The van der Waals surface area contributed by atoms with Crippen molar-refractivity contribution in [2.75, 3.05) is 27.3 Å². The highest BCUT2D eigenvalue weighted by atomic mass is 16.5. The lowest BCUT2D eigenvalue weighted by Gasteiger charge is -2.29. The summed E-state index contributed by atoms with van der Waals surface area (Å²) >= 11 is 0. The number of imidazole rings is 1. The summed E-state index contributed by atoms with van der Waals surface area (Å²) < 4.78 is 13.1. The van der Waals surface area contributed by atoms with Crippen LogP contribution in [0.1, 0.15) is 54.0 Å². The van der Waals surface area contributed by atoms with E-state index in [2.05, 4.69) is 22.5 Å². The lowest BCUT2D eigenvalue weighted by Crippen LogP contribution is -2.38. The third-order valence-corrected chi connectivity index (χ3v) is 6.16. The van der Waals surface area contributed by atoms with Crippen LogP contribution >= 0.6 is 0 Å². The van der Waals surface area contributed by atoms with E-state index in [4.69, 9.17) is 9.47 Å². The van der Waals surface area contributed by atoms with Crippen molar-refractivity contribution in [3.63, 3.8) is 0 Å². The lowest BCUT2D eigenvalue weighted by molar-refractivity contribution is 0.0691. The summed E-state index contributed by atoms with van der Waals surface area (Å²) in [7, 11) is 3.38. The maximum Gasteiger partial charge on any atom is 0.274 e. The average Bonchev–Trinajstić information content (AvgIpc) is 3.16. The third-order valence-electron chi connectivity index (χ3n) is 6.16. The zero-order valence-electron chi connectivity index (χ0n) is 17.0. The highest BCUT2D eigenvalue weighted by molar-refractivity contribution is 5.92. The molecule has 2 aromatic rings. The zero-order chi connectivity index (χ0) is 19.7. The quantitative estimate of drug-likeness (QED) is 0.811. The van der Waals surface area contributed by atoms with Crippen LogP contribution in [0.5, 0.6) is 11.5 Å². The molecule has 3 heterocycles. The number of benzene rings is 1. The molecule has 0 bridgehead atoms. The molecule has 0 saturated carbocycles. The summed E-state index contributed by atoms with van der Waals surface area (Å²) in [4.78, 5) is 19.5. The molecule has 1 saturated heterocycles. The summed E-state index contributed by atoms with van der Waals surface area (Å²) in [5.41, 5.74) is 1.74. The molecule has 6 nitrogen and oxygen atoms in total. The van der Waals surface area contributed by atoms with Crippen molar-refractivity contribution in [2.45, 2.75) is 45.1 Å². The van der Waals surface area contributed by atoms with Gasteiger partial charge < -0.3 is 18.9 Å². The molecule has 6 heteroatoms. The van der Waals surface area contributed by atoms with Gasteiger partial charge in [0.05, 0.1) is 14.2 Å². The number of piperidine rings is 1. The molecule has 2 aliphatic rings. The fourth-order valence-electron chi connectivity index (χ4n) is 4.33. The molecule has 1 aromatic carbocycles. The number of hydrogen-bond acceptors (Lipinski definition) is 4. The molecule has 1 unspecified atom stereocenters. The van der Waals surface area contributed by atoms with Crippen LogP contribution in [0.2, 0.25) is 0 Å². The number of ether oxygens (including phenoxy) is 2. The van der Waals surface area contributed by atoms with Crippen molar-refractivity contribution in [2.24, 2.45) is 5.92 Å². The van der Waals surface area contributed by atoms with Crippen molar-refractivity contribution < 1.29 is 14.3 Å². The van der Waals surface area contributed by atoms with Crippen molar-refractivity contribution >= 4 is 5.91 Å². The predicted octanol–water partition coefficient (Wildman–Crippen LogP) is 3.50. The SMILES string of the molecule is COc1ccc(OC)c(C2CCc3nc(C(=O)N4CCC(C)CC4)cn3C2)c1. The number of fused-ring (bicyclic) bond motifs is 1. The summed E-state index contributed by atoms with van der Waals surface area (Å²) in [6.07, 6.45) is 5.94. The number of likely N-dealkylation sites (tertiary alicyclic amines) is 1. The van der Waals surface area contributed by atoms with Crippen LogP contribution in [0.25, 0.3) is 0 Å². The van der Waals surface area contributed by atoms with E-state index in [1.807, 2.05) is 23.2 Å². The van der Waals surface area contributed by atoms with Gasteiger partial charge in [0.1, 0.15) is 23.0 Å². The number of carbonyl (C=O) groups is 1. The highest BCUT2D eigenvalue weighted by Crippen LogP contribution is 2.36. The Labute approximate surface area is 166 Å². The average molecular weight is 383 g/mol. The normalized spacial score (nSPS) is 20.0. The first kappa shape index (κ1) is 18.8. The molecule has 0 N–H and O–H groups in total. The van der Waals surface area contributed by atoms with E-state index < -0.39 is 0 Å². The van der Waals surface area contributed by atoms with Crippen LogP contribution in [-0.2, 0) is 13.0 Å². The molecule has 1 amide bonds. The molecule has 150 valence electrons. The van der Waals surface area contributed by atoms with Gasteiger partial charge in [0.15, 0.2) is 0 Å². The summed E-state index contributed by atoms with van der Waals surface area (Å²) in [6.45, 7) is 4.73. The summed E-state index contributed by atoms with van der Waals surface area (Å²) in [6, 6.07) is 5.94. The van der Waals surface area contributed by atoms with Crippen LogP contribution in [0, 0.1) is 5.92 Å². The Balaban J connectivity index is 1.53. The van der Waals surface area contributed by atoms with E-state index in [1.165, 1.54) is 0 Å². The molecular weight excluding hydrogens is 354 g/mol. The molecular formula is C22H29N3O3. The molecule has 1 aromatic heterocycles. The van der Waals surface area contributed by atoms with Gasteiger partial charge in [-0.25, -0.2) is 4.98 Å². The van der Waals surface area contributed by atoms with Crippen LogP contribution in [0.3, 0.4) is 0 Å². The second-order valence-electron chi connectivity index (χ2n) is 8.01. The smallest absolute Gasteiger partial charge is 0.274 e. The number of nitrogens with zero attached hydrogens (tertiary/aromatic N) is 3. The van der Waals surface area contributed by atoms with Crippen LogP contribution in [-0.4, -0.2) is 47.7 Å². The van der Waals surface area contributed by atoms with E-state index in [1.54, 1.807) is 14.2 Å². The van der Waals surface area contributed by atoms with E-state index in [9.17, 15) is 4.79 Å².